The van der Waals surface area contributed by atoms with Crippen molar-refractivity contribution < 1.29 is 39.9 Å². The summed E-state index contributed by atoms with van der Waals surface area (Å²) < 4.78 is 105. The van der Waals surface area contributed by atoms with E-state index in [9.17, 15) is 35.1 Å². The average Bonchev–Trinajstić information content (AvgIpc) is 2.44. The summed E-state index contributed by atoms with van der Waals surface area (Å²) in [6.45, 7) is 0. The van der Waals surface area contributed by atoms with E-state index in [1.165, 1.54) is 6.07 Å². The Hall–Kier alpha value is -2.32. The van der Waals surface area contributed by atoms with E-state index >= 15 is 0 Å². The summed E-state index contributed by atoms with van der Waals surface area (Å²) in [5, 5.41) is 0. The Morgan fingerprint density at radius 1 is 0.792 bits per heavy atom. The van der Waals surface area contributed by atoms with E-state index in [0.29, 0.717) is 18.2 Å². The van der Waals surface area contributed by atoms with Crippen molar-refractivity contribution in [1.82, 2.24) is 0 Å². The van der Waals surface area contributed by atoms with Crippen molar-refractivity contribution in [3.63, 3.8) is 0 Å². The summed E-state index contributed by atoms with van der Waals surface area (Å²) in [5.41, 5.74) is -3.29. The van der Waals surface area contributed by atoms with Crippen molar-refractivity contribution in [2.24, 2.45) is 0 Å². The van der Waals surface area contributed by atoms with Gasteiger partial charge in [0, 0.05) is 11.1 Å². The Kier molecular flexibility index (Phi) is 4.73. The fourth-order valence-corrected chi connectivity index (χ4v) is 2.06. The van der Waals surface area contributed by atoms with Crippen LogP contribution in [-0.2, 0) is 6.18 Å². The van der Waals surface area contributed by atoms with Crippen LogP contribution in [0.2, 0.25) is 0 Å². The van der Waals surface area contributed by atoms with Gasteiger partial charge in [-0.05, 0) is 23.8 Å². The molecule has 0 bridgehead atoms. The number of hydrogen-bond acceptors (Lipinski definition) is 1. The smallest absolute Gasteiger partial charge is 0.405 e. The van der Waals surface area contributed by atoms with Gasteiger partial charge in [0.05, 0.1) is 5.56 Å². The Morgan fingerprint density at radius 3 is 1.96 bits per heavy atom. The molecule has 0 aromatic heterocycles. The van der Waals surface area contributed by atoms with Crippen LogP contribution >= 0.6 is 0 Å². The van der Waals surface area contributed by atoms with Crippen molar-refractivity contribution >= 4 is 0 Å². The molecule has 9 heteroatoms. The third-order valence-electron chi connectivity index (χ3n) is 3.02. The highest BCUT2D eigenvalue weighted by Crippen LogP contribution is 2.41. The zero-order valence-corrected chi connectivity index (χ0v) is 11.6. The highest BCUT2D eigenvalue weighted by Gasteiger charge is 2.34. The topological polar surface area (TPSA) is 9.23 Å². The van der Waals surface area contributed by atoms with E-state index in [1.54, 1.807) is 0 Å². The largest absolute Gasteiger partial charge is 0.573 e. The first-order valence-electron chi connectivity index (χ1n) is 6.33. The second-order valence-corrected chi connectivity index (χ2v) is 4.64. The first-order chi connectivity index (χ1) is 11.0. The summed E-state index contributed by atoms with van der Waals surface area (Å²) in [6.07, 6.45) is -13.1. The van der Waals surface area contributed by atoms with Crippen LogP contribution in [0.3, 0.4) is 0 Å². The Morgan fingerprint density at radius 2 is 1.42 bits per heavy atom. The lowest BCUT2D eigenvalue weighted by molar-refractivity contribution is -0.274. The summed E-state index contributed by atoms with van der Waals surface area (Å²) in [5.74, 6) is -0.869. The predicted octanol–water partition coefficient (Wildman–Crippen LogP) is 6.21. The molecule has 0 unspecified atom stereocenters. The van der Waals surface area contributed by atoms with Gasteiger partial charge in [0.25, 0.3) is 6.43 Å². The summed E-state index contributed by atoms with van der Waals surface area (Å²) in [7, 11) is 0. The van der Waals surface area contributed by atoms with Crippen molar-refractivity contribution in [2.75, 3.05) is 0 Å². The predicted molar refractivity (Wildman–Crippen MR) is 68.5 cm³/mol. The lowest BCUT2D eigenvalue weighted by Crippen LogP contribution is -2.17. The molecular formula is C15H8F8O. The first kappa shape index (κ1) is 18.0. The normalized spacial score (nSPS) is 12.5. The van der Waals surface area contributed by atoms with Gasteiger partial charge in [0.15, 0.2) is 0 Å². The quantitative estimate of drug-likeness (QED) is 0.594. The van der Waals surface area contributed by atoms with Gasteiger partial charge in [0.2, 0.25) is 0 Å². The SMILES string of the molecule is FC(F)c1ccc(C(F)(F)F)cc1-c1ccccc1OC(F)(F)F. The molecule has 0 spiro atoms. The zero-order chi connectivity index (χ0) is 18.1. The number of halogens is 8. The van der Waals surface area contributed by atoms with Gasteiger partial charge < -0.3 is 4.74 Å². The Bertz CT molecular complexity index is 718. The monoisotopic (exact) mass is 356 g/mol. The van der Waals surface area contributed by atoms with Gasteiger partial charge in [-0.1, -0.05) is 24.3 Å². The zero-order valence-electron chi connectivity index (χ0n) is 11.6. The molecule has 0 heterocycles. The third-order valence-corrected chi connectivity index (χ3v) is 3.02. The number of para-hydroxylation sites is 1. The van der Waals surface area contributed by atoms with Gasteiger partial charge in [0.1, 0.15) is 5.75 Å². The molecule has 2 aromatic carbocycles. The fourth-order valence-electron chi connectivity index (χ4n) is 2.06. The molecule has 2 aromatic rings. The third kappa shape index (κ3) is 4.15. The summed E-state index contributed by atoms with van der Waals surface area (Å²) in [6, 6.07) is 5.50. The molecule has 0 amide bonds. The van der Waals surface area contributed by atoms with E-state index in [2.05, 4.69) is 4.74 Å². The van der Waals surface area contributed by atoms with E-state index in [4.69, 9.17) is 0 Å². The van der Waals surface area contributed by atoms with Crippen LogP contribution < -0.4 is 4.74 Å². The molecule has 0 atom stereocenters. The molecule has 1 nitrogen and oxygen atoms in total. The molecule has 0 saturated heterocycles. The minimum Gasteiger partial charge on any atom is -0.405 e. The summed E-state index contributed by atoms with van der Waals surface area (Å²) in [4.78, 5) is 0. The van der Waals surface area contributed by atoms with E-state index in [1.807, 2.05) is 0 Å². The van der Waals surface area contributed by atoms with E-state index < -0.39 is 47.0 Å². The molecule has 130 valence electrons. The van der Waals surface area contributed by atoms with Crippen molar-refractivity contribution in [3.8, 4) is 16.9 Å². The van der Waals surface area contributed by atoms with E-state index in [-0.39, 0.29) is 0 Å². The molecule has 0 radical (unpaired) electrons. The first-order valence-corrected chi connectivity index (χ1v) is 6.33. The van der Waals surface area contributed by atoms with Gasteiger partial charge >= 0.3 is 12.5 Å². The number of benzene rings is 2. The fraction of sp³-hybridized carbons (Fsp3) is 0.200. The Balaban J connectivity index is 2.67. The molecular weight excluding hydrogens is 348 g/mol. The van der Waals surface area contributed by atoms with Gasteiger partial charge in [-0.3, -0.25) is 0 Å². The van der Waals surface area contributed by atoms with Crippen molar-refractivity contribution in [1.29, 1.82) is 0 Å². The molecule has 0 aliphatic rings. The lowest BCUT2D eigenvalue weighted by Gasteiger charge is -2.17. The van der Waals surface area contributed by atoms with Crippen LogP contribution in [0.5, 0.6) is 5.75 Å². The number of rotatable bonds is 3. The van der Waals surface area contributed by atoms with Crippen LogP contribution in [0.4, 0.5) is 35.1 Å². The van der Waals surface area contributed by atoms with Crippen molar-refractivity contribution in [3.05, 3.63) is 53.6 Å². The number of hydrogen-bond donors (Lipinski definition) is 0. The standard InChI is InChI=1S/C15H8F8O/c16-13(17)10-6-5-8(14(18,19)20)7-11(10)9-3-1-2-4-12(9)24-15(21,22)23/h1-7,13H. The van der Waals surface area contributed by atoms with Crippen LogP contribution in [-0.4, -0.2) is 6.36 Å². The summed E-state index contributed by atoms with van der Waals surface area (Å²) >= 11 is 0. The van der Waals surface area contributed by atoms with Crippen LogP contribution in [0, 0.1) is 0 Å². The molecule has 24 heavy (non-hydrogen) atoms. The van der Waals surface area contributed by atoms with Gasteiger partial charge in [-0.25, -0.2) is 8.78 Å². The Labute approximate surface area is 130 Å². The highest BCUT2D eigenvalue weighted by molar-refractivity contribution is 5.74. The number of ether oxygens (including phenoxy) is 1. The van der Waals surface area contributed by atoms with Crippen molar-refractivity contribution in [2.45, 2.75) is 19.0 Å². The second kappa shape index (κ2) is 6.29. The van der Waals surface area contributed by atoms with Crippen LogP contribution in [0.25, 0.3) is 11.1 Å². The lowest BCUT2D eigenvalue weighted by atomic mass is 9.96. The second-order valence-electron chi connectivity index (χ2n) is 4.64. The maximum Gasteiger partial charge on any atom is 0.573 e. The van der Waals surface area contributed by atoms with Crippen LogP contribution in [0.1, 0.15) is 17.6 Å². The maximum absolute atomic E-state index is 13.1. The van der Waals surface area contributed by atoms with Gasteiger partial charge in [-0.15, -0.1) is 13.2 Å². The minimum atomic E-state index is -5.12. The molecule has 0 fully saturated rings. The average molecular weight is 356 g/mol. The van der Waals surface area contributed by atoms with Gasteiger partial charge in [-0.2, -0.15) is 13.2 Å². The molecule has 0 aliphatic heterocycles. The molecule has 0 saturated carbocycles. The van der Waals surface area contributed by atoms with E-state index in [0.717, 1.165) is 18.2 Å². The minimum absolute atomic E-state index is 0.375. The molecule has 2 rings (SSSR count). The molecule has 0 N–H and O–H groups in total. The van der Waals surface area contributed by atoms with Crippen LogP contribution in [0.15, 0.2) is 42.5 Å². The maximum atomic E-state index is 13.1. The number of alkyl halides is 8. The molecule has 0 aliphatic carbocycles. The highest BCUT2D eigenvalue weighted by atomic mass is 19.4.